The fourth-order valence-electron chi connectivity index (χ4n) is 1.69. The summed E-state index contributed by atoms with van der Waals surface area (Å²) in [4.78, 5) is 25.0. The van der Waals surface area contributed by atoms with Gasteiger partial charge in [0, 0.05) is 12.6 Å². The van der Waals surface area contributed by atoms with Crippen LogP contribution in [0, 0.1) is 5.82 Å². The summed E-state index contributed by atoms with van der Waals surface area (Å²) >= 11 is 0. The SMILES string of the molecule is CCn1c(-c2ccc(F)cc2)cc(=O)[nH]c1=O. The lowest BCUT2D eigenvalue weighted by molar-refractivity contribution is 0.628. The fourth-order valence-corrected chi connectivity index (χ4v) is 1.69. The number of rotatable bonds is 2. The van der Waals surface area contributed by atoms with Crippen molar-refractivity contribution in [2.24, 2.45) is 0 Å². The molecule has 0 amide bonds. The predicted molar refractivity (Wildman–Crippen MR) is 62.4 cm³/mol. The lowest BCUT2D eigenvalue weighted by Crippen LogP contribution is -2.30. The molecular weight excluding hydrogens is 223 g/mol. The lowest BCUT2D eigenvalue weighted by Gasteiger charge is -2.09. The molecule has 0 atom stereocenters. The van der Waals surface area contributed by atoms with Crippen LogP contribution in [0.5, 0.6) is 0 Å². The largest absolute Gasteiger partial charge is 0.328 e. The molecule has 88 valence electrons. The van der Waals surface area contributed by atoms with Gasteiger partial charge < -0.3 is 0 Å². The number of aromatic nitrogens is 2. The quantitative estimate of drug-likeness (QED) is 0.853. The van der Waals surface area contributed by atoms with E-state index in [0.717, 1.165) is 0 Å². The van der Waals surface area contributed by atoms with E-state index in [4.69, 9.17) is 0 Å². The van der Waals surface area contributed by atoms with Crippen LogP contribution in [0.2, 0.25) is 0 Å². The minimum absolute atomic E-state index is 0.357. The molecular formula is C12H11FN2O2. The zero-order valence-corrected chi connectivity index (χ0v) is 9.24. The highest BCUT2D eigenvalue weighted by Gasteiger charge is 2.06. The van der Waals surface area contributed by atoms with Gasteiger partial charge >= 0.3 is 5.69 Å². The Bertz CT molecular complexity index is 641. The summed E-state index contributed by atoms with van der Waals surface area (Å²) in [5.41, 5.74) is 0.205. The smallest absolute Gasteiger partial charge is 0.294 e. The number of aromatic amines is 1. The van der Waals surface area contributed by atoms with E-state index in [1.165, 1.54) is 34.9 Å². The van der Waals surface area contributed by atoms with Crippen LogP contribution in [0.25, 0.3) is 11.3 Å². The maximum absolute atomic E-state index is 12.8. The number of nitrogens with one attached hydrogen (secondary N) is 1. The van der Waals surface area contributed by atoms with Gasteiger partial charge in [-0.2, -0.15) is 0 Å². The molecule has 0 unspecified atom stereocenters. The number of nitrogens with zero attached hydrogens (tertiary/aromatic N) is 1. The third-order valence-electron chi connectivity index (χ3n) is 2.49. The van der Waals surface area contributed by atoms with Crippen LogP contribution in [-0.4, -0.2) is 9.55 Å². The lowest BCUT2D eigenvalue weighted by atomic mass is 10.1. The topological polar surface area (TPSA) is 54.9 Å². The average molecular weight is 234 g/mol. The number of H-pyrrole nitrogens is 1. The first-order valence-electron chi connectivity index (χ1n) is 5.22. The summed E-state index contributed by atoms with van der Waals surface area (Å²) in [6, 6.07) is 6.99. The van der Waals surface area contributed by atoms with Gasteiger partial charge in [0.25, 0.3) is 5.56 Å². The van der Waals surface area contributed by atoms with E-state index in [2.05, 4.69) is 4.98 Å². The first-order valence-corrected chi connectivity index (χ1v) is 5.22. The highest BCUT2D eigenvalue weighted by molar-refractivity contribution is 5.58. The minimum Gasteiger partial charge on any atom is -0.294 e. The van der Waals surface area contributed by atoms with Gasteiger partial charge in [-0.05, 0) is 36.8 Å². The Morgan fingerprint density at radius 1 is 1.24 bits per heavy atom. The third kappa shape index (κ3) is 2.18. The Morgan fingerprint density at radius 3 is 2.47 bits per heavy atom. The van der Waals surface area contributed by atoms with Gasteiger partial charge in [-0.3, -0.25) is 14.3 Å². The van der Waals surface area contributed by atoms with Gasteiger partial charge in [-0.1, -0.05) is 0 Å². The van der Waals surface area contributed by atoms with Crippen molar-refractivity contribution in [1.29, 1.82) is 0 Å². The van der Waals surface area contributed by atoms with E-state index in [1.54, 1.807) is 6.92 Å². The molecule has 0 aliphatic heterocycles. The van der Waals surface area contributed by atoms with E-state index in [1.807, 2.05) is 0 Å². The van der Waals surface area contributed by atoms with Gasteiger partial charge in [-0.25, -0.2) is 9.18 Å². The average Bonchev–Trinajstić information content (AvgIpc) is 2.29. The molecule has 1 heterocycles. The van der Waals surface area contributed by atoms with E-state index in [0.29, 0.717) is 17.8 Å². The van der Waals surface area contributed by atoms with Gasteiger partial charge in [0.2, 0.25) is 0 Å². The summed E-state index contributed by atoms with van der Waals surface area (Å²) in [5.74, 6) is -0.357. The molecule has 0 radical (unpaired) electrons. The first-order chi connectivity index (χ1) is 8.11. The van der Waals surface area contributed by atoms with Crippen molar-refractivity contribution in [2.75, 3.05) is 0 Å². The summed E-state index contributed by atoms with van der Waals surface area (Å²) in [7, 11) is 0. The van der Waals surface area contributed by atoms with Crippen LogP contribution in [0.3, 0.4) is 0 Å². The summed E-state index contributed by atoms with van der Waals surface area (Å²) in [6.07, 6.45) is 0. The molecule has 0 bridgehead atoms. The maximum Gasteiger partial charge on any atom is 0.328 e. The normalized spacial score (nSPS) is 10.5. The van der Waals surface area contributed by atoms with Crippen LogP contribution in [0.15, 0.2) is 39.9 Å². The van der Waals surface area contributed by atoms with Crippen molar-refractivity contribution in [2.45, 2.75) is 13.5 Å². The van der Waals surface area contributed by atoms with Crippen molar-refractivity contribution in [3.8, 4) is 11.3 Å². The standard InChI is InChI=1S/C12H11FN2O2/c1-2-15-10(7-11(16)14-12(15)17)8-3-5-9(13)6-4-8/h3-7H,2H2,1H3,(H,14,16,17). The highest BCUT2D eigenvalue weighted by atomic mass is 19.1. The molecule has 0 fully saturated rings. The molecule has 1 aromatic carbocycles. The first kappa shape index (κ1) is 11.3. The van der Waals surface area contributed by atoms with Gasteiger partial charge in [0.15, 0.2) is 0 Å². The third-order valence-corrected chi connectivity index (χ3v) is 2.49. The van der Waals surface area contributed by atoms with Crippen LogP contribution >= 0.6 is 0 Å². The number of hydrogen-bond acceptors (Lipinski definition) is 2. The maximum atomic E-state index is 12.8. The van der Waals surface area contributed by atoms with Crippen molar-refractivity contribution < 1.29 is 4.39 Å². The molecule has 0 spiro atoms. The molecule has 2 aromatic rings. The molecule has 1 aromatic heterocycles. The second kappa shape index (κ2) is 4.37. The summed E-state index contributed by atoms with van der Waals surface area (Å²) in [5, 5.41) is 0. The number of hydrogen-bond donors (Lipinski definition) is 1. The van der Waals surface area contributed by atoms with Crippen LogP contribution in [0.1, 0.15) is 6.92 Å². The van der Waals surface area contributed by atoms with E-state index in [9.17, 15) is 14.0 Å². The van der Waals surface area contributed by atoms with E-state index < -0.39 is 11.2 Å². The van der Waals surface area contributed by atoms with Gasteiger partial charge in [0.05, 0.1) is 5.69 Å². The Hall–Kier alpha value is -2.17. The molecule has 17 heavy (non-hydrogen) atoms. The molecule has 0 aliphatic carbocycles. The molecule has 0 aliphatic rings. The highest BCUT2D eigenvalue weighted by Crippen LogP contribution is 2.16. The molecule has 5 heteroatoms. The predicted octanol–water partition coefficient (Wildman–Crippen LogP) is 1.36. The van der Waals surface area contributed by atoms with E-state index in [-0.39, 0.29) is 5.82 Å². The molecule has 1 N–H and O–H groups in total. The van der Waals surface area contributed by atoms with Crippen molar-refractivity contribution >= 4 is 0 Å². The Labute approximate surface area is 96.4 Å². The monoisotopic (exact) mass is 234 g/mol. The van der Waals surface area contributed by atoms with Crippen molar-refractivity contribution in [3.05, 3.63) is 57.0 Å². The molecule has 2 rings (SSSR count). The zero-order chi connectivity index (χ0) is 12.4. The molecule has 0 saturated heterocycles. The van der Waals surface area contributed by atoms with Gasteiger partial charge in [0.1, 0.15) is 5.82 Å². The number of benzene rings is 1. The van der Waals surface area contributed by atoms with Crippen LogP contribution in [0.4, 0.5) is 4.39 Å². The Kier molecular flexibility index (Phi) is 2.91. The number of halogens is 1. The zero-order valence-electron chi connectivity index (χ0n) is 9.24. The van der Waals surface area contributed by atoms with Crippen molar-refractivity contribution in [1.82, 2.24) is 9.55 Å². The van der Waals surface area contributed by atoms with Crippen molar-refractivity contribution in [3.63, 3.8) is 0 Å². The fraction of sp³-hybridized carbons (Fsp3) is 0.167. The minimum atomic E-state index is -0.459. The second-order valence-corrected chi connectivity index (χ2v) is 3.58. The Morgan fingerprint density at radius 2 is 1.88 bits per heavy atom. The van der Waals surface area contributed by atoms with Gasteiger partial charge in [-0.15, -0.1) is 0 Å². The summed E-state index contributed by atoms with van der Waals surface area (Å²) in [6.45, 7) is 2.23. The molecule has 4 nitrogen and oxygen atoms in total. The van der Waals surface area contributed by atoms with Crippen LogP contribution in [-0.2, 0) is 6.54 Å². The summed E-state index contributed by atoms with van der Waals surface area (Å²) < 4.78 is 14.2. The second-order valence-electron chi connectivity index (χ2n) is 3.58. The Balaban J connectivity index is 2.70. The molecule has 0 saturated carbocycles. The van der Waals surface area contributed by atoms with E-state index >= 15 is 0 Å². The van der Waals surface area contributed by atoms with Crippen LogP contribution < -0.4 is 11.2 Å².